The zero-order valence-corrected chi connectivity index (χ0v) is 18.0. The predicted molar refractivity (Wildman–Crippen MR) is 117 cm³/mol. The van der Waals surface area contributed by atoms with Gasteiger partial charge in [-0.2, -0.15) is 0 Å². The number of benzene rings is 1. The van der Waals surface area contributed by atoms with Crippen LogP contribution in [0.25, 0.3) is 11.4 Å². The highest BCUT2D eigenvalue weighted by Gasteiger charge is 2.20. The molecule has 0 saturated carbocycles. The molecule has 154 valence electrons. The van der Waals surface area contributed by atoms with Gasteiger partial charge in [-0.15, -0.1) is 35.0 Å². The molecule has 2 aliphatic rings. The van der Waals surface area contributed by atoms with E-state index in [0.29, 0.717) is 11.4 Å². The van der Waals surface area contributed by atoms with Gasteiger partial charge in [0.15, 0.2) is 5.82 Å². The number of halogens is 3. The lowest BCUT2D eigenvalue weighted by Gasteiger charge is -2.13. The topological polar surface area (TPSA) is 71.8 Å². The Morgan fingerprint density at radius 1 is 1.21 bits per heavy atom. The molecule has 1 amide bonds. The second-order valence-electron chi connectivity index (χ2n) is 7.14. The molecule has 1 saturated heterocycles. The van der Waals surface area contributed by atoms with Gasteiger partial charge in [0, 0.05) is 36.7 Å². The number of aryl methyl sites for hydroxylation is 1. The maximum atomic E-state index is 12.3. The maximum absolute atomic E-state index is 12.3. The highest BCUT2D eigenvalue weighted by molar-refractivity contribution is 6.33. The highest BCUT2D eigenvalue weighted by Crippen LogP contribution is 2.31. The van der Waals surface area contributed by atoms with Crippen LogP contribution in [0.3, 0.4) is 0 Å². The first-order valence-corrected chi connectivity index (χ1v) is 9.84. The Bertz CT molecular complexity index is 805. The fraction of sp³-hybridized carbons (Fsp3) is 0.526. The first-order chi connectivity index (χ1) is 12.7. The number of carbonyl (C=O) groups is 1. The lowest BCUT2D eigenvalue weighted by Crippen LogP contribution is -2.27. The van der Waals surface area contributed by atoms with Crippen molar-refractivity contribution in [1.82, 2.24) is 20.1 Å². The summed E-state index contributed by atoms with van der Waals surface area (Å²) in [4.78, 5) is 12.3. The fourth-order valence-electron chi connectivity index (χ4n) is 3.83. The summed E-state index contributed by atoms with van der Waals surface area (Å²) in [5, 5.41) is 15.7. The van der Waals surface area contributed by atoms with Crippen LogP contribution in [0.1, 0.15) is 44.3 Å². The molecule has 3 heterocycles. The van der Waals surface area contributed by atoms with E-state index in [-0.39, 0.29) is 36.8 Å². The van der Waals surface area contributed by atoms with Gasteiger partial charge in [-0.3, -0.25) is 4.79 Å². The number of carbonyl (C=O) groups excluding carboxylic acids is 1. The molecule has 1 unspecified atom stereocenters. The van der Waals surface area contributed by atoms with Gasteiger partial charge in [-0.1, -0.05) is 18.0 Å². The van der Waals surface area contributed by atoms with Crippen LogP contribution in [0.5, 0.6) is 0 Å². The van der Waals surface area contributed by atoms with Gasteiger partial charge in [-0.05, 0) is 50.4 Å². The molecule has 28 heavy (non-hydrogen) atoms. The molecule has 1 aromatic carbocycles. The number of aromatic nitrogens is 3. The molecule has 2 aromatic rings. The summed E-state index contributed by atoms with van der Waals surface area (Å²) >= 11 is 6.44. The Labute approximate surface area is 182 Å². The highest BCUT2D eigenvalue weighted by atomic mass is 35.5. The molecule has 0 bridgehead atoms. The van der Waals surface area contributed by atoms with Crippen molar-refractivity contribution in [3.05, 3.63) is 29.0 Å². The van der Waals surface area contributed by atoms with Crippen LogP contribution in [0.15, 0.2) is 18.2 Å². The monoisotopic (exact) mass is 445 g/mol. The minimum atomic E-state index is 0. The molecular formula is C19H26Cl3N5O. The fourth-order valence-corrected chi connectivity index (χ4v) is 4.03. The van der Waals surface area contributed by atoms with Gasteiger partial charge in [0.1, 0.15) is 5.82 Å². The number of nitrogens with zero attached hydrogens (tertiary/aromatic N) is 3. The van der Waals surface area contributed by atoms with Gasteiger partial charge in [-0.25, -0.2) is 0 Å². The largest absolute Gasteiger partial charge is 0.326 e. The van der Waals surface area contributed by atoms with E-state index < -0.39 is 0 Å². The number of anilines is 1. The lowest BCUT2D eigenvalue weighted by atomic mass is 10.1. The standard InChI is InChI=1S/C19H24ClN5O.2ClH/c20-16-8-7-14(22-18(26)12-13-5-4-9-21-13)11-15(16)19-24-23-17-6-2-1-3-10-25(17)19;;/h7-8,11,13,21H,1-6,9-10,12H2,(H,22,26);2*1H. The summed E-state index contributed by atoms with van der Waals surface area (Å²) in [6.07, 6.45) is 7.14. The quantitative estimate of drug-likeness (QED) is 0.736. The molecule has 9 heteroatoms. The van der Waals surface area contributed by atoms with Crippen LogP contribution in [-0.4, -0.2) is 33.3 Å². The average molecular weight is 447 g/mol. The van der Waals surface area contributed by atoms with Gasteiger partial charge in [0.2, 0.25) is 5.91 Å². The van der Waals surface area contributed by atoms with Gasteiger partial charge in [0.05, 0.1) is 5.02 Å². The molecule has 0 spiro atoms. The molecule has 4 rings (SSSR count). The van der Waals surface area contributed by atoms with Crippen molar-refractivity contribution in [2.24, 2.45) is 0 Å². The van der Waals surface area contributed by atoms with Crippen molar-refractivity contribution >= 4 is 48.0 Å². The molecule has 2 aliphatic heterocycles. The molecule has 1 fully saturated rings. The number of hydrogen-bond donors (Lipinski definition) is 2. The van der Waals surface area contributed by atoms with Crippen LogP contribution in [-0.2, 0) is 17.8 Å². The lowest BCUT2D eigenvalue weighted by molar-refractivity contribution is -0.116. The van der Waals surface area contributed by atoms with Gasteiger partial charge in [0.25, 0.3) is 0 Å². The van der Waals surface area contributed by atoms with E-state index in [0.717, 1.165) is 68.1 Å². The first kappa shape index (κ1) is 22.9. The number of rotatable bonds is 4. The average Bonchev–Trinajstić information content (AvgIpc) is 3.21. The summed E-state index contributed by atoms with van der Waals surface area (Å²) in [6, 6.07) is 5.85. The van der Waals surface area contributed by atoms with Crippen LogP contribution in [0.2, 0.25) is 5.02 Å². The van der Waals surface area contributed by atoms with Crippen molar-refractivity contribution < 1.29 is 4.79 Å². The summed E-state index contributed by atoms with van der Waals surface area (Å²) in [7, 11) is 0. The van der Waals surface area contributed by atoms with E-state index in [1.54, 1.807) is 0 Å². The smallest absolute Gasteiger partial charge is 0.225 e. The van der Waals surface area contributed by atoms with Crippen LogP contribution >= 0.6 is 36.4 Å². The molecule has 0 radical (unpaired) electrons. The first-order valence-electron chi connectivity index (χ1n) is 9.46. The third-order valence-electron chi connectivity index (χ3n) is 5.19. The second-order valence-corrected chi connectivity index (χ2v) is 7.55. The van der Waals surface area contributed by atoms with Crippen molar-refractivity contribution in [3.63, 3.8) is 0 Å². The summed E-state index contributed by atoms with van der Waals surface area (Å²) < 4.78 is 2.17. The Morgan fingerprint density at radius 2 is 2.07 bits per heavy atom. The van der Waals surface area contributed by atoms with E-state index in [4.69, 9.17) is 11.6 Å². The van der Waals surface area contributed by atoms with Crippen molar-refractivity contribution in [2.45, 2.75) is 57.5 Å². The minimum absolute atomic E-state index is 0. The Balaban J connectivity index is 0.00000140. The van der Waals surface area contributed by atoms with E-state index in [1.165, 1.54) is 6.42 Å². The predicted octanol–water partition coefficient (Wildman–Crippen LogP) is 4.25. The number of amides is 1. The summed E-state index contributed by atoms with van der Waals surface area (Å²) in [5.41, 5.74) is 1.57. The van der Waals surface area contributed by atoms with Gasteiger partial charge < -0.3 is 15.2 Å². The molecule has 0 aliphatic carbocycles. The molecule has 1 atom stereocenters. The van der Waals surface area contributed by atoms with E-state index in [9.17, 15) is 4.79 Å². The zero-order chi connectivity index (χ0) is 17.9. The minimum Gasteiger partial charge on any atom is -0.326 e. The Morgan fingerprint density at radius 3 is 2.86 bits per heavy atom. The molecule has 2 N–H and O–H groups in total. The molecule has 6 nitrogen and oxygen atoms in total. The van der Waals surface area contributed by atoms with Crippen LogP contribution < -0.4 is 10.6 Å². The third-order valence-corrected chi connectivity index (χ3v) is 5.52. The van der Waals surface area contributed by atoms with E-state index in [1.807, 2.05) is 18.2 Å². The summed E-state index contributed by atoms with van der Waals surface area (Å²) in [6.45, 7) is 1.92. The SMILES string of the molecule is Cl.Cl.O=C(CC1CCCN1)Nc1ccc(Cl)c(-c2nnc3n2CCCCC3)c1. The van der Waals surface area contributed by atoms with Crippen molar-refractivity contribution in [1.29, 1.82) is 0 Å². The second kappa shape index (κ2) is 10.4. The van der Waals surface area contributed by atoms with Crippen molar-refractivity contribution in [3.8, 4) is 11.4 Å². The number of fused-ring (bicyclic) bond motifs is 1. The summed E-state index contributed by atoms with van der Waals surface area (Å²) in [5.74, 6) is 1.84. The molecule has 1 aromatic heterocycles. The Kier molecular flexibility index (Phi) is 8.56. The maximum Gasteiger partial charge on any atom is 0.225 e. The van der Waals surface area contributed by atoms with Crippen LogP contribution in [0, 0.1) is 0 Å². The normalized spacial score (nSPS) is 18.4. The molecular weight excluding hydrogens is 421 g/mol. The van der Waals surface area contributed by atoms with Crippen LogP contribution in [0.4, 0.5) is 5.69 Å². The van der Waals surface area contributed by atoms with E-state index >= 15 is 0 Å². The third kappa shape index (κ3) is 5.17. The number of nitrogens with one attached hydrogen (secondary N) is 2. The number of hydrogen-bond acceptors (Lipinski definition) is 4. The van der Waals surface area contributed by atoms with E-state index in [2.05, 4.69) is 25.4 Å². The zero-order valence-electron chi connectivity index (χ0n) is 15.6. The Hall–Kier alpha value is -1.34. The van der Waals surface area contributed by atoms with Crippen molar-refractivity contribution in [2.75, 3.05) is 11.9 Å². The van der Waals surface area contributed by atoms with Gasteiger partial charge >= 0.3 is 0 Å².